The second-order valence-electron chi connectivity index (χ2n) is 6.28. The topological polar surface area (TPSA) is 127 Å². The molecule has 0 saturated carbocycles. The number of hydrogen-bond donors (Lipinski definition) is 2. The predicted octanol–water partition coefficient (Wildman–Crippen LogP) is 0.631. The van der Waals surface area contributed by atoms with E-state index in [9.17, 15) is 21.9 Å². The van der Waals surface area contributed by atoms with E-state index < -0.39 is 43.5 Å². The minimum atomic E-state index is -4.15. The zero-order valence-corrected chi connectivity index (χ0v) is 16.2. The highest BCUT2D eigenvalue weighted by molar-refractivity contribution is 7.93. The molecule has 0 bridgehead atoms. The van der Waals surface area contributed by atoms with Crippen LogP contribution < -0.4 is 14.8 Å². The molecular weight excluding hydrogens is 392 g/mol. The van der Waals surface area contributed by atoms with Gasteiger partial charge in [0.25, 0.3) is 10.0 Å². The molecular formula is C17H20N2O6S2. The number of sulfone groups is 1. The number of nitrogens with two attached hydrogens (primary N) is 1. The number of benzene rings is 2. The molecule has 0 unspecified atom stereocenters. The summed E-state index contributed by atoms with van der Waals surface area (Å²) in [7, 11) is -6.24. The summed E-state index contributed by atoms with van der Waals surface area (Å²) < 4.78 is 56.6. The largest absolute Gasteiger partial charge is 0.497 e. The lowest BCUT2D eigenvalue weighted by Gasteiger charge is -2.31. The van der Waals surface area contributed by atoms with E-state index in [1.165, 1.54) is 55.6 Å². The van der Waals surface area contributed by atoms with Crippen LogP contribution in [0.15, 0.2) is 53.4 Å². The predicted molar refractivity (Wildman–Crippen MR) is 102 cm³/mol. The molecule has 10 heteroatoms. The second kappa shape index (κ2) is 7.02. The maximum atomic E-state index is 13.3. The van der Waals surface area contributed by atoms with Gasteiger partial charge in [0.05, 0.1) is 41.3 Å². The first-order valence-corrected chi connectivity index (χ1v) is 11.3. The molecule has 27 heavy (non-hydrogen) atoms. The molecule has 0 aliphatic carbocycles. The minimum Gasteiger partial charge on any atom is -0.497 e. The lowest BCUT2D eigenvalue weighted by molar-refractivity contribution is 0.184. The summed E-state index contributed by atoms with van der Waals surface area (Å²) in [6.07, 6.45) is -1.33. The third-order valence-electron chi connectivity index (χ3n) is 4.36. The molecule has 0 spiro atoms. The van der Waals surface area contributed by atoms with Crippen LogP contribution >= 0.6 is 0 Å². The van der Waals surface area contributed by atoms with E-state index in [4.69, 9.17) is 10.5 Å². The number of sulfonamides is 1. The summed E-state index contributed by atoms with van der Waals surface area (Å²) in [5.41, 5.74) is 6.33. The van der Waals surface area contributed by atoms with Gasteiger partial charge in [0.1, 0.15) is 5.75 Å². The highest BCUT2D eigenvalue weighted by Crippen LogP contribution is 2.32. The third-order valence-corrected chi connectivity index (χ3v) is 7.92. The highest BCUT2D eigenvalue weighted by Gasteiger charge is 2.45. The standard InChI is InChI=1S/C17H20N2O6S2/c1-25-14-6-8-15(9-7-14)27(23,24)19(13-4-2-12(18)3-5-13)16-10-26(21,22)11-17(16)20/h2-9,16-17,20H,10-11,18H2,1H3/t16-,17+/m1/s1. The van der Waals surface area contributed by atoms with Crippen LogP contribution in [0.25, 0.3) is 0 Å². The fourth-order valence-electron chi connectivity index (χ4n) is 3.03. The molecule has 1 saturated heterocycles. The average molecular weight is 412 g/mol. The summed E-state index contributed by atoms with van der Waals surface area (Å²) in [5, 5.41) is 10.3. The lowest BCUT2D eigenvalue weighted by Crippen LogP contribution is -2.47. The van der Waals surface area contributed by atoms with Gasteiger partial charge in [0.15, 0.2) is 9.84 Å². The first kappa shape index (κ1) is 19.5. The van der Waals surface area contributed by atoms with E-state index in [-0.39, 0.29) is 10.6 Å². The molecule has 0 radical (unpaired) electrons. The van der Waals surface area contributed by atoms with Crippen LogP contribution in [0.3, 0.4) is 0 Å². The van der Waals surface area contributed by atoms with Crippen molar-refractivity contribution < 1.29 is 26.7 Å². The van der Waals surface area contributed by atoms with Crippen molar-refractivity contribution in [3.63, 3.8) is 0 Å². The normalized spacial score (nSPS) is 21.7. The molecule has 8 nitrogen and oxygen atoms in total. The van der Waals surface area contributed by atoms with Crippen LogP contribution in [0.5, 0.6) is 5.75 Å². The highest BCUT2D eigenvalue weighted by atomic mass is 32.2. The Bertz CT molecular complexity index is 1020. The van der Waals surface area contributed by atoms with Crippen molar-refractivity contribution in [2.45, 2.75) is 17.0 Å². The minimum absolute atomic E-state index is 0.0448. The molecule has 0 amide bonds. The van der Waals surface area contributed by atoms with Crippen molar-refractivity contribution in [2.24, 2.45) is 0 Å². The summed E-state index contributed by atoms with van der Waals surface area (Å²) in [4.78, 5) is -0.0448. The number of anilines is 2. The van der Waals surface area contributed by atoms with Crippen LogP contribution in [0.2, 0.25) is 0 Å². The van der Waals surface area contributed by atoms with E-state index in [2.05, 4.69) is 0 Å². The summed E-state index contributed by atoms with van der Waals surface area (Å²) in [6.45, 7) is 0. The quantitative estimate of drug-likeness (QED) is 0.690. The number of nitrogens with zero attached hydrogens (tertiary/aromatic N) is 1. The SMILES string of the molecule is COc1ccc(S(=O)(=O)N(c2ccc(N)cc2)[C@@H]2CS(=O)(=O)C[C@@H]2O)cc1. The first-order chi connectivity index (χ1) is 12.6. The van der Waals surface area contributed by atoms with Crippen LogP contribution in [0, 0.1) is 0 Å². The van der Waals surface area contributed by atoms with Crippen molar-refractivity contribution in [3.8, 4) is 5.75 Å². The van der Waals surface area contributed by atoms with Crippen molar-refractivity contribution in [1.29, 1.82) is 0 Å². The Hall–Kier alpha value is -2.30. The van der Waals surface area contributed by atoms with E-state index in [0.29, 0.717) is 11.4 Å². The van der Waals surface area contributed by atoms with Gasteiger partial charge >= 0.3 is 0 Å². The third kappa shape index (κ3) is 3.87. The van der Waals surface area contributed by atoms with Gasteiger partial charge in [-0.05, 0) is 48.5 Å². The molecule has 1 aliphatic rings. The zero-order valence-electron chi connectivity index (χ0n) is 14.5. The van der Waals surface area contributed by atoms with Crippen molar-refractivity contribution in [3.05, 3.63) is 48.5 Å². The van der Waals surface area contributed by atoms with Crippen molar-refractivity contribution >= 4 is 31.2 Å². The van der Waals surface area contributed by atoms with E-state index in [0.717, 1.165) is 4.31 Å². The van der Waals surface area contributed by atoms with Crippen molar-refractivity contribution in [1.82, 2.24) is 0 Å². The smallest absolute Gasteiger partial charge is 0.264 e. The van der Waals surface area contributed by atoms with Gasteiger partial charge in [0, 0.05) is 5.69 Å². The molecule has 0 aromatic heterocycles. The second-order valence-corrected chi connectivity index (χ2v) is 10.2. The van der Waals surface area contributed by atoms with E-state index >= 15 is 0 Å². The summed E-state index contributed by atoms with van der Waals surface area (Å²) in [5.74, 6) is -0.466. The number of rotatable bonds is 5. The number of hydrogen-bond acceptors (Lipinski definition) is 7. The number of methoxy groups -OCH3 is 1. The molecule has 146 valence electrons. The van der Waals surface area contributed by atoms with Gasteiger partial charge in [-0.3, -0.25) is 4.31 Å². The van der Waals surface area contributed by atoms with Gasteiger partial charge in [-0.15, -0.1) is 0 Å². The number of ether oxygens (including phenoxy) is 1. The van der Waals surface area contributed by atoms with Gasteiger partial charge in [-0.2, -0.15) is 0 Å². The van der Waals surface area contributed by atoms with Crippen molar-refractivity contribution in [2.75, 3.05) is 28.7 Å². The van der Waals surface area contributed by atoms with E-state index in [1.807, 2.05) is 0 Å². The Balaban J connectivity index is 2.12. The first-order valence-electron chi connectivity index (χ1n) is 8.06. The Morgan fingerprint density at radius 2 is 1.67 bits per heavy atom. The average Bonchev–Trinajstić information content (AvgIpc) is 2.89. The van der Waals surface area contributed by atoms with Gasteiger partial charge in [-0.25, -0.2) is 16.8 Å². The molecule has 1 fully saturated rings. The van der Waals surface area contributed by atoms with Gasteiger partial charge < -0.3 is 15.6 Å². The lowest BCUT2D eigenvalue weighted by atomic mass is 10.2. The molecule has 1 aliphatic heterocycles. The Labute approximate surface area is 158 Å². The monoisotopic (exact) mass is 412 g/mol. The van der Waals surface area contributed by atoms with Crippen LogP contribution in [-0.2, 0) is 19.9 Å². The fourth-order valence-corrected chi connectivity index (χ4v) is 6.57. The van der Waals surface area contributed by atoms with Crippen LogP contribution in [-0.4, -0.2) is 52.7 Å². The molecule has 3 rings (SSSR count). The Morgan fingerprint density at radius 3 is 2.15 bits per heavy atom. The fraction of sp³-hybridized carbons (Fsp3) is 0.294. The number of nitrogen functional groups attached to an aromatic ring is 1. The molecule has 3 N–H and O–H groups in total. The summed E-state index contributed by atoms with van der Waals surface area (Å²) >= 11 is 0. The number of aliphatic hydroxyl groups is 1. The summed E-state index contributed by atoms with van der Waals surface area (Å²) in [6, 6.07) is 10.6. The zero-order chi connectivity index (χ0) is 19.8. The Morgan fingerprint density at radius 1 is 1.07 bits per heavy atom. The Kier molecular flexibility index (Phi) is 5.06. The van der Waals surface area contributed by atoms with E-state index in [1.54, 1.807) is 0 Å². The van der Waals surface area contributed by atoms with Crippen LogP contribution in [0.1, 0.15) is 0 Å². The maximum Gasteiger partial charge on any atom is 0.264 e. The maximum absolute atomic E-state index is 13.3. The van der Waals surface area contributed by atoms with Crippen LogP contribution in [0.4, 0.5) is 11.4 Å². The molecule has 2 atom stereocenters. The molecule has 2 aromatic carbocycles. The van der Waals surface area contributed by atoms with Gasteiger partial charge in [0.2, 0.25) is 0 Å². The molecule has 1 heterocycles. The number of aliphatic hydroxyl groups excluding tert-OH is 1. The van der Waals surface area contributed by atoms with Gasteiger partial charge in [-0.1, -0.05) is 0 Å². The molecule has 2 aromatic rings.